The van der Waals surface area contributed by atoms with Crippen LogP contribution in [0.5, 0.6) is 0 Å². The highest BCUT2D eigenvalue weighted by Gasteiger charge is 2.04. The number of nitrogen functional groups attached to an aromatic ring is 1. The number of rotatable bonds is 0. The van der Waals surface area contributed by atoms with E-state index in [-0.39, 0.29) is 0 Å². The highest BCUT2D eigenvalue weighted by molar-refractivity contribution is 5.86. The molecule has 0 bridgehead atoms. The number of imidazole rings is 1. The van der Waals surface area contributed by atoms with Gasteiger partial charge in [0.1, 0.15) is 17.5 Å². The van der Waals surface area contributed by atoms with Gasteiger partial charge < -0.3 is 5.73 Å². The highest BCUT2D eigenvalue weighted by Crippen LogP contribution is 2.17. The molecule has 3 aromatic heterocycles. The fourth-order valence-electron chi connectivity index (χ4n) is 1.56. The van der Waals surface area contributed by atoms with E-state index in [1.807, 2.05) is 22.7 Å². The first kappa shape index (κ1) is 7.25. The quantitative estimate of drug-likeness (QED) is 0.564. The summed E-state index contributed by atoms with van der Waals surface area (Å²) in [4.78, 5) is 12.2. The molecule has 0 saturated carbocycles. The molecule has 0 atom stereocenters. The molecule has 0 aliphatic carbocycles. The SMILES string of the molecule is Nc1ncnc2ccc3nccn3c12. The number of nitrogens with two attached hydrogens (primary N) is 1. The molecule has 0 spiro atoms. The van der Waals surface area contributed by atoms with Crippen molar-refractivity contribution in [1.29, 1.82) is 0 Å². The van der Waals surface area contributed by atoms with Crippen LogP contribution in [0.3, 0.4) is 0 Å². The summed E-state index contributed by atoms with van der Waals surface area (Å²) in [6, 6.07) is 3.78. The molecule has 68 valence electrons. The molecular formula is C9H7N5. The topological polar surface area (TPSA) is 69.1 Å². The number of fused-ring (bicyclic) bond motifs is 3. The van der Waals surface area contributed by atoms with Crippen LogP contribution in [0.25, 0.3) is 16.7 Å². The van der Waals surface area contributed by atoms with Gasteiger partial charge in [0.2, 0.25) is 0 Å². The lowest BCUT2D eigenvalue weighted by Crippen LogP contribution is -1.97. The molecule has 0 fully saturated rings. The smallest absolute Gasteiger partial charge is 0.151 e. The summed E-state index contributed by atoms with van der Waals surface area (Å²) in [6.45, 7) is 0. The molecule has 0 aliphatic heterocycles. The van der Waals surface area contributed by atoms with Gasteiger partial charge in [-0.2, -0.15) is 0 Å². The van der Waals surface area contributed by atoms with Crippen molar-refractivity contribution in [2.24, 2.45) is 0 Å². The van der Waals surface area contributed by atoms with E-state index in [9.17, 15) is 0 Å². The minimum atomic E-state index is 0.471. The number of nitrogens with zero attached hydrogens (tertiary/aromatic N) is 4. The monoisotopic (exact) mass is 185 g/mol. The van der Waals surface area contributed by atoms with Crippen molar-refractivity contribution in [3.8, 4) is 0 Å². The molecule has 5 nitrogen and oxygen atoms in total. The Morgan fingerprint density at radius 2 is 2.07 bits per heavy atom. The van der Waals surface area contributed by atoms with Gasteiger partial charge in [0.15, 0.2) is 5.82 Å². The van der Waals surface area contributed by atoms with Crippen LogP contribution >= 0.6 is 0 Å². The fraction of sp³-hybridized carbons (Fsp3) is 0. The van der Waals surface area contributed by atoms with E-state index in [4.69, 9.17) is 5.73 Å². The van der Waals surface area contributed by atoms with Crippen molar-refractivity contribution in [2.75, 3.05) is 5.73 Å². The van der Waals surface area contributed by atoms with E-state index < -0.39 is 0 Å². The Balaban J connectivity index is 2.67. The number of aromatic nitrogens is 4. The number of hydrogen-bond acceptors (Lipinski definition) is 4. The van der Waals surface area contributed by atoms with Crippen molar-refractivity contribution < 1.29 is 0 Å². The minimum absolute atomic E-state index is 0.471. The van der Waals surface area contributed by atoms with Crippen molar-refractivity contribution >= 4 is 22.5 Å². The Labute approximate surface area is 79.2 Å². The maximum atomic E-state index is 5.78. The molecule has 0 saturated heterocycles. The van der Waals surface area contributed by atoms with Crippen LogP contribution in [0.15, 0.2) is 30.9 Å². The summed E-state index contributed by atoms with van der Waals surface area (Å²) in [6.07, 6.45) is 5.03. The second-order valence-electron chi connectivity index (χ2n) is 2.98. The van der Waals surface area contributed by atoms with Crippen molar-refractivity contribution in [2.45, 2.75) is 0 Å². The summed E-state index contributed by atoms with van der Waals surface area (Å²) in [5.41, 5.74) is 8.26. The zero-order chi connectivity index (χ0) is 9.54. The highest BCUT2D eigenvalue weighted by atomic mass is 15.0. The van der Waals surface area contributed by atoms with E-state index in [2.05, 4.69) is 15.0 Å². The van der Waals surface area contributed by atoms with E-state index in [0.717, 1.165) is 16.7 Å². The van der Waals surface area contributed by atoms with Gasteiger partial charge in [-0.1, -0.05) is 0 Å². The molecule has 14 heavy (non-hydrogen) atoms. The van der Waals surface area contributed by atoms with Crippen molar-refractivity contribution in [3.63, 3.8) is 0 Å². The van der Waals surface area contributed by atoms with Crippen LogP contribution < -0.4 is 5.73 Å². The molecule has 3 aromatic rings. The Morgan fingerprint density at radius 3 is 3.00 bits per heavy atom. The molecule has 0 aromatic carbocycles. The largest absolute Gasteiger partial charge is 0.382 e. The fourth-order valence-corrected chi connectivity index (χ4v) is 1.56. The summed E-state index contributed by atoms with van der Waals surface area (Å²) in [5, 5.41) is 0. The van der Waals surface area contributed by atoms with Gasteiger partial charge in [0, 0.05) is 12.4 Å². The summed E-state index contributed by atoms with van der Waals surface area (Å²) < 4.78 is 1.88. The second kappa shape index (κ2) is 2.41. The van der Waals surface area contributed by atoms with Crippen LogP contribution in [-0.4, -0.2) is 19.4 Å². The molecule has 0 amide bonds. The average molecular weight is 185 g/mol. The number of hydrogen-bond donors (Lipinski definition) is 1. The molecule has 2 N–H and O–H groups in total. The van der Waals surface area contributed by atoms with E-state index in [0.29, 0.717) is 5.82 Å². The van der Waals surface area contributed by atoms with Gasteiger partial charge in [-0.25, -0.2) is 15.0 Å². The normalized spacial score (nSPS) is 11.1. The zero-order valence-corrected chi connectivity index (χ0v) is 7.25. The molecule has 5 heteroatoms. The first-order valence-corrected chi connectivity index (χ1v) is 4.18. The molecule has 0 aliphatic rings. The number of pyridine rings is 1. The van der Waals surface area contributed by atoms with E-state index in [1.54, 1.807) is 6.20 Å². The first-order chi connectivity index (χ1) is 6.86. The molecule has 0 unspecified atom stereocenters. The number of anilines is 1. The Morgan fingerprint density at radius 1 is 1.14 bits per heavy atom. The Hall–Kier alpha value is -2.17. The van der Waals surface area contributed by atoms with Crippen LogP contribution in [0.4, 0.5) is 5.82 Å². The van der Waals surface area contributed by atoms with Gasteiger partial charge in [0.05, 0.1) is 5.52 Å². The van der Waals surface area contributed by atoms with E-state index in [1.165, 1.54) is 6.33 Å². The minimum Gasteiger partial charge on any atom is -0.382 e. The van der Waals surface area contributed by atoms with Crippen LogP contribution in [-0.2, 0) is 0 Å². The van der Waals surface area contributed by atoms with Gasteiger partial charge in [0.25, 0.3) is 0 Å². The van der Waals surface area contributed by atoms with E-state index >= 15 is 0 Å². The second-order valence-corrected chi connectivity index (χ2v) is 2.98. The average Bonchev–Trinajstić information content (AvgIpc) is 2.65. The summed E-state index contributed by atoms with van der Waals surface area (Å²) >= 11 is 0. The first-order valence-electron chi connectivity index (χ1n) is 4.18. The predicted octanol–water partition coefficient (Wildman–Crippen LogP) is 0.860. The zero-order valence-electron chi connectivity index (χ0n) is 7.25. The van der Waals surface area contributed by atoms with Gasteiger partial charge in [-0.15, -0.1) is 0 Å². The van der Waals surface area contributed by atoms with Gasteiger partial charge in [-0.05, 0) is 12.1 Å². The summed E-state index contributed by atoms with van der Waals surface area (Å²) in [7, 11) is 0. The standard InChI is InChI=1S/C9H7N5/c10-9-8-6(12-5-13-9)1-2-7-11-3-4-14(7)8/h1-5H,(H2,10,12,13). The molecule has 3 rings (SSSR count). The lowest BCUT2D eigenvalue weighted by atomic mass is 10.3. The third-order valence-electron chi connectivity index (χ3n) is 2.18. The van der Waals surface area contributed by atoms with Crippen LogP contribution in [0.2, 0.25) is 0 Å². The predicted molar refractivity (Wildman–Crippen MR) is 52.7 cm³/mol. The summed E-state index contributed by atoms with van der Waals surface area (Å²) in [5.74, 6) is 0.471. The maximum Gasteiger partial charge on any atom is 0.151 e. The van der Waals surface area contributed by atoms with Crippen LogP contribution in [0, 0.1) is 0 Å². The van der Waals surface area contributed by atoms with Crippen molar-refractivity contribution in [1.82, 2.24) is 19.4 Å². The lowest BCUT2D eigenvalue weighted by Gasteiger charge is -2.02. The molecular weight excluding hydrogens is 178 g/mol. The third kappa shape index (κ3) is 0.806. The Kier molecular flexibility index (Phi) is 1.25. The lowest BCUT2D eigenvalue weighted by molar-refractivity contribution is 1.17. The van der Waals surface area contributed by atoms with Crippen molar-refractivity contribution in [3.05, 3.63) is 30.9 Å². The van der Waals surface area contributed by atoms with Crippen LogP contribution in [0.1, 0.15) is 0 Å². The van der Waals surface area contributed by atoms with Gasteiger partial charge in [-0.3, -0.25) is 4.40 Å². The van der Waals surface area contributed by atoms with Gasteiger partial charge >= 0.3 is 0 Å². The molecule has 0 radical (unpaired) electrons. The molecule has 3 heterocycles. The Bertz CT molecular complexity index is 613. The maximum absolute atomic E-state index is 5.78. The third-order valence-corrected chi connectivity index (χ3v) is 2.18.